The molecule has 1 spiro atoms. The Balaban J connectivity index is 1.59. The SMILES string of the molecule is CN=C(NCc1nnc(C)n1C)N1CCC2(CCCCC2)C1. The lowest BCUT2D eigenvalue weighted by Gasteiger charge is -2.33. The molecule has 1 saturated carbocycles. The van der Waals surface area contributed by atoms with Crippen LogP contribution in [0.3, 0.4) is 0 Å². The molecule has 1 aliphatic heterocycles. The first-order chi connectivity index (χ1) is 10.6. The molecule has 22 heavy (non-hydrogen) atoms. The highest BCUT2D eigenvalue weighted by Gasteiger charge is 2.39. The molecule has 0 amide bonds. The molecule has 122 valence electrons. The van der Waals surface area contributed by atoms with E-state index in [0.29, 0.717) is 12.0 Å². The van der Waals surface area contributed by atoms with Crippen molar-refractivity contribution in [3.8, 4) is 0 Å². The number of nitrogens with one attached hydrogen (secondary N) is 1. The zero-order chi connectivity index (χ0) is 15.6. The molecular formula is C16H28N6. The molecule has 0 bridgehead atoms. The normalized spacial score (nSPS) is 21.6. The Morgan fingerprint density at radius 3 is 2.64 bits per heavy atom. The second-order valence-electron chi connectivity index (χ2n) is 6.86. The third-order valence-corrected chi connectivity index (χ3v) is 5.45. The Bertz CT molecular complexity index is 541. The van der Waals surface area contributed by atoms with Gasteiger partial charge in [-0.2, -0.15) is 0 Å². The topological polar surface area (TPSA) is 58.3 Å². The van der Waals surface area contributed by atoms with Crippen LogP contribution in [0.5, 0.6) is 0 Å². The van der Waals surface area contributed by atoms with Gasteiger partial charge in [0.05, 0.1) is 6.54 Å². The molecule has 3 rings (SSSR count). The van der Waals surface area contributed by atoms with Gasteiger partial charge in [0.2, 0.25) is 0 Å². The monoisotopic (exact) mass is 304 g/mol. The van der Waals surface area contributed by atoms with Gasteiger partial charge in [0.25, 0.3) is 0 Å². The average molecular weight is 304 g/mol. The molecule has 1 N–H and O–H groups in total. The molecule has 1 aromatic heterocycles. The van der Waals surface area contributed by atoms with Crippen LogP contribution in [0.15, 0.2) is 4.99 Å². The highest BCUT2D eigenvalue weighted by Crippen LogP contribution is 2.43. The van der Waals surface area contributed by atoms with E-state index in [1.165, 1.54) is 38.5 Å². The molecule has 2 heterocycles. The zero-order valence-electron chi connectivity index (χ0n) is 14.1. The van der Waals surface area contributed by atoms with Gasteiger partial charge in [0.15, 0.2) is 11.8 Å². The van der Waals surface area contributed by atoms with E-state index in [0.717, 1.165) is 30.7 Å². The predicted octanol–water partition coefficient (Wildman–Crippen LogP) is 1.86. The predicted molar refractivity (Wildman–Crippen MR) is 87.6 cm³/mol. The van der Waals surface area contributed by atoms with Crippen molar-refractivity contribution in [3.63, 3.8) is 0 Å². The van der Waals surface area contributed by atoms with Crippen molar-refractivity contribution in [2.24, 2.45) is 17.5 Å². The van der Waals surface area contributed by atoms with E-state index in [2.05, 4.69) is 25.4 Å². The molecule has 1 aliphatic carbocycles. The molecule has 2 fully saturated rings. The summed E-state index contributed by atoms with van der Waals surface area (Å²) >= 11 is 0. The summed E-state index contributed by atoms with van der Waals surface area (Å²) in [6, 6.07) is 0. The van der Waals surface area contributed by atoms with Gasteiger partial charge in [0.1, 0.15) is 5.82 Å². The third kappa shape index (κ3) is 2.96. The molecule has 0 aromatic carbocycles. The van der Waals surface area contributed by atoms with Crippen LogP contribution in [0.4, 0.5) is 0 Å². The first-order valence-electron chi connectivity index (χ1n) is 8.44. The molecule has 0 unspecified atom stereocenters. The van der Waals surface area contributed by atoms with Crippen LogP contribution in [0.1, 0.15) is 50.2 Å². The zero-order valence-corrected chi connectivity index (χ0v) is 14.1. The van der Waals surface area contributed by atoms with Gasteiger partial charge in [-0.25, -0.2) is 0 Å². The summed E-state index contributed by atoms with van der Waals surface area (Å²) in [7, 11) is 3.87. The summed E-state index contributed by atoms with van der Waals surface area (Å²) in [6.07, 6.45) is 8.32. The summed E-state index contributed by atoms with van der Waals surface area (Å²) in [4.78, 5) is 6.90. The number of likely N-dealkylation sites (tertiary alicyclic amines) is 1. The first kappa shape index (κ1) is 15.3. The highest BCUT2D eigenvalue weighted by molar-refractivity contribution is 5.80. The van der Waals surface area contributed by atoms with E-state index in [4.69, 9.17) is 0 Å². The standard InChI is InChI=1S/C16H28N6/c1-13-19-20-14(21(13)3)11-18-15(17-2)22-10-9-16(12-22)7-5-4-6-8-16/h4-12H2,1-3H3,(H,17,18). The van der Waals surface area contributed by atoms with Crippen LogP contribution in [-0.4, -0.2) is 45.8 Å². The summed E-state index contributed by atoms with van der Waals surface area (Å²) < 4.78 is 2.02. The van der Waals surface area contributed by atoms with Gasteiger partial charge in [-0.1, -0.05) is 19.3 Å². The Morgan fingerprint density at radius 1 is 1.23 bits per heavy atom. The van der Waals surface area contributed by atoms with Crippen LogP contribution in [0.2, 0.25) is 0 Å². The summed E-state index contributed by atoms with van der Waals surface area (Å²) in [5.74, 6) is 2.89. The molecule has 0 atom stereocenters. The fourth-order valence-electron chi connectivity index (χ4n) is 3.92. The molecule has 1 saturated heterocycles. The van der Waals surface area contributed by atoms with E-state index in [9.17, 15) is 0 Å². The number of rotatable bonds is 2. The number of hydrogen-bond donors (Lipinski definition) is 1. The van der Waals surface area contributed by atoms with E-state index in [-0.39, 0.29) is 0 Å². The Kier molecular flexibility index (Phi) is 4.36. The first-order valence-corrected chi connectivity index (χ1v) is 8.44. The van der Waals surface area contributed by atoms with Crippen LogP contribution in [-0.2, 0) is 13.6 Å². The molecule has 2 aliphatic rings. The van der Waals surface area contributed by atoms with Gasteiger partial charge < -0.3 is 14.8 Å². The quantitative estimate of drug-likeness (QED) is 0.669. The fourth-order valence-corrected chi connectivity index (χ4v) is 3.92. The lowest BCUT2D eigenvalue weighted by Crippen LogP contribution is -2.41. The van der Waals surface area contributed by atoms with Crippen LogP contribution < -0.4 is 5.32 Å². The van der Waals surface area contributed by atoms with E-state index < -0.39 is 0 Å². The Hall–Kier alpha value is -1.59. The molecule has 0 radical (unpaired) electrons. The molecule has 6 nitrogen and oxygen atoms in total. The highest BCUT2D eigenvalue weighted by atomic mass is 15.3. The minimum Gasteiger partial charge on any atom is -0.349 e. The molecule has 6 heteroatoms. The second-order valence-corrected chi connectivity index (χ2v) is 6.86. The summed E-state index contributed by atoms with van der Waals surface area (Å²) in [5.41, 5.74) is 0.553. The second kappa shape index (κ2) is 6.26. The number of hydrogen-bond acceptors (Lipinski definition) is 3. The Morgan fingerprint density at radius 2 is 2.00 bits per heavy atom. The minimum atomic E-state index is 0.553. The van der Waals surface area contributed by atoms with E-state index in [1.807, 2.05) is 25.6 Å². The number of aliphatic imine (C=N–C) groups is 1. The van der Waals surface area contributed by atoms with Crippen LogP contribution in [0.25, 0.3) is 0 Å². The molecule has 1 aromatic rings. The van der Waals surface area contributed by atoms with E-state index in [1.54, 1.807) is 0 Å². The maximum atomic E-state index is 4.47. The number of aryl methyl sites for hydroxylation is 1. The van der Waals surface area contributed by atoms with Crippen LogP contribution in [0, 0.1) is 12.3 Å². The van der Waals surface area contributed by atoms with Crippen molar-refractivity contribution in [2.75, 3.05) is 20.1 Å². The lowest BCUT2D eigenvalue weighted by molar-refractivity contribution is 0.203. The third-order valence-electron chi connectivity index (χ3n) is 5.45. The Labute approximate surface area is 133 Å². The van der Waals surface area contributed by atoms with Crippen molar-refractivity contribution in [1.29, 1.82) is 0 Å². The molecular weight excluding hydrogens is 276 g/mol. The van der Waals surface area contributed by atoms with Crippen molar-refractivity contribution < 1.29 is 0 Å². The minimum absolute atomic E-state index is 0.553. The summed E-state index contributed by atoms with van der Waals surface area (Å²) in [6.45, 7) is 4.92. The van der Waals surface area contributed by atoms with Gasteiger partial charge in [-0.15, -0.1) is 10.2 Å². The van der Waals surface area contributed by atoms with Gasteiger partial charge in [0, 0.05) is 27.2 Å². The lowest BCUT2D eigenvalue weighted by atomic mass is 9.73. The van der Waals surface area contributed by atoms with Crippen molar-refractivity contribution >= 4 is 5.96 Å². The van der Waals surface area contributed by atoms with Crippen molar-refractivity contribution in [1.82, 2.24) is 25.0 Å². The maximum Gasteiger partial charge on any atom is 0.194 e. The smallest absolute Gasteiger partial charge is 0.194 e. The van der Waals surface area contributed by atoms with Gasteiger partial charge in [-0.3, -0.25) is 4.99 Å². The van der Waals surface area contributed by atoms with Crippen LogP contribution >= 0.6 is 0 Å². The summed E-state index contributed by atoms with van der Waals surface area (Å²) in [5, 5.41) is 11.8. The maximum absolute atomic E-state index is 4.47. The van der Waals surface area contributed by atoms with Crippen molar-refractivity contribution in [3.05, 3.63) is 11.6 Å². The largest absolute Gasteiger partial charge is 0.349 e. The van der Waals surface area contributed by atoms with E-state index >= 15 is 0 Å². The number of nitrogens with zero attached hydrogens (tertiary/aromatic N) is 5. The number of guanidine groups is 1. The number of aromatic nitrogens is 3. The van der Waals surface area contributed by atoms with Gasteiger partial charge in [-0.05, 0) is 31.6 Å². The van der Waals surface area contributed by atoms with Gasteiger partial charge >= 0.3 is 0 Å². The van der Waals surface area contributed by atoms with Crippen molar-refractivity contribution in [2.45, 2.75) is 52.0 Å². The fraction of sp³-hybridized carbons (Fsp3) is 0.812. The average Bonchev–Trinajstić information content (AvgIpc) is 3.07.